The fourth-order valence-electron chi connectivity index (χ4n) is 4.24. The van der Waals surface area contributed by atoms with Gasteiger partial charge in [-0.05, 0) is 82.9 Å². The van der Waals surface area contributed by atoms with Crippen molar-refractivity contribution < 1.29 is 29.3 Å². The number of aromatic hydroxyl groups is 1. The smallest absolute Gasteiger partial charge is 0.408 e. The highest BCUT2D eigenvalue weighted by Gasteiger charge is 2.37. The summed E-state index contributed by atoms with van der Waals surface area (Å²) >= 11 is 0. The number of phenolic OH excluding ortho intramolecular Hbond substituents is 1. The molecule has 208 valence electrons. The Morgan fingerprint density at radius 3 is 2.05 bits per heavy atom. The van der Waals surface area contributed by atoms with Gasteiger partial charge in [-0.2, -0.15) is 0 Å². The third-order valence-corrected chi connectivity index (χ3v) is 5.80. The molecule has 2 unspecified atom stereocenters. The number of aryl methyl sites for hydroxylation is 2. The van der Waals surface area contributed by atoms with Gasteiger partial charge in [0.05, 0.1) is 6.61 Å². The quantitative estimate of drug-likeness (QED) is 0.374. The van der Waals surface area contributed by atoms with Crippen molar-refractivity contribution in [3.63, 3.8) is 0 Å². The number of aliphatic hydroxyl groups is 1. The average molecular weight is 528 g/mol. The van der Waals surface area contributed by atoms with Gasteiger partial charge in [0.15, 0.2) is 0 Å². The van der Waals surface area contributed by atoms with Crippen molar-refractivity contribution >= 4 is 17.9 Å². The molecule has 0 aromatic heterocycles. The molecular formula is C29H41N3O6. The van der Waals surface area contributed by atoms with Gasteiger partial charge in [0.25, 0.3) is 0 Å². The minimum atomic E-state index is -1.11. The van der Waals surface area contributed by atoms with Gasteiger partial charge in [0.1, 0.15) is 23.4 Å². The summed E-state index contributed by atoms with van der Waals surface area (Å²) in [6.07, 6.45) is -0.709. The lowest BCUT2D eigenvalue weighted by molar-refractivity contribution is -0.143. The summed E-state index contributed by atoms with van der Waals surface area (Å²) in [7, 11) is 0. The first-order valence-corrected chi connectivity index (χ1v) is 12.8. The van der Waals surface area contributed by atoms with Crippen molar-refractivity contribution in [1.29, 1.82) is 0 Å². The van der Waals surface area contributed by atoms with Gasteiger partial charge in [-0.1, -0.05) is 30.3 Å². The lowest BCUT2D eigenvalue weighted by Gasteiger charge is -2.35. The maximum atomic E-state index is 14.1. The Kier molecular flexibility index (Phi) is 10.7. The van der Waals surface area contributed by atoms with Crippen LogP contribution < -0.4 is 10.6 Å². The number of carbonyl (C=O) groups is 3. The Balaban J connectivity index is 2.58. The summed E-state index contributed by atoms with van der Waals surface area (Å²) in [5.74, 6) is -0.872. The SMILES string of the molecule is Cc1cccc(C)c1C(C(=O)NC(C)C)N(CCO)C(=O)C(Cc1ccc(O)cc1)NC(=O)OC(C)(C)C. The second-order valence-corrected chi connectivity index (χ2v) is 10.7. The molecule has 0 aliphatic carbocycles. The van der Waals surface area contributed by atoms with Crippen LogP contribution in [0.25, 0.3) is 0 Å². The number of carbonyl (C=O) groups excluding carboxylic acids is 3. The van der Waals surface area contributed by atoms with Crippen LogP contribution in [-0.2, 0) is 20.7 Å². The number of nitrogens with one attached hydrogen (secondary N) is 2. The molecule has 2 aromatic carbocycles. The maximum Gasteiger partial charge on any atom is 0.408 e. The van der Waals surface area contributed by atoms with Crippen LogP contribution in [0.2, 0.25) is 0 Å². The highest BCUT2D eigenvalue weighted by atomic mass is 16.6. The van der Waals surface area contributed by atoms with Gasteiger partial charge in [-0.15, -0.1) is 0 Å². The van der Waals surface area contributed by atoms with Crippen LogP contribution in [-0.4, -0.2) is 63.9 Å². The van der Waals surface area contributed by atoms with E-state index in [-0.39, 0.29) is 37.3 Å². The Morgan fingerprint density at radius 1 is 0.974 bits per heavy atom. The van der Waals surface area contributed by atoms with E-state index in [1.54, 1.807) is 32.9 Å². The molecule has 0 spiro atoms. The largest absolute Gasteiger partial charge is 0.508 e. The van der Waals surface area contributed by atoms with Gasteiger partial charge < -0.3 is 30.5 Å². The van der Waals surface area contributed by atoms with Crippen LogP contribution >= 0.6 is 0 Å². The van der Waals surface area contributed by atoms with Crippen LogP contribution in [0, 0.1) is 13.8 Å². The molecule has 3 amide bonds. The molecule has 2 rings (SSSR count). The van der Waals surface area contributed by atoms with E-state index >= 15 is 0 Å². The molecule has 0 aliphatic rings. The van der Waals surface area contributed by atoms with Crippen molar-refractivity contribution in [3.8, 4) is 5.75 Å². The summed E-state index contributed by atoms with van der Waals surface area (Å²) in [5, 5.41) is 25.2. The molecule has 0 fully saturated rings. The van der Waals surface area contributed by atoms with Gasteiger partial charge in [-0.3, -0.25) is 9.59 Å². The van der Waals surface area contributed by atoms with Crippen molar-refractivity contribution in [3.05, 3.63) is 64.7 Å². The van der Waals surface area contributed by atoms with Crippen LogP contribution in [0.5, 0.6) is 5.75 Å². The summed E-state index contributed by atoms with van der Waals surface area (Å²) in [5.41, 5.74) is 2.18. The molecule has 2 atom stereocenters. The molecule has 0 bridgehead atoms. The number of alkyl carbamates (subject to hydrolysis) is 1. The Hall–Kier alpha value is -3.59. The minimum absolute atomic E-state index is 0.0686. The lowest BCUT2D eigenvalue weighted by Crippen LogP contribution is -2.55. The van der Waals surface area contributed by atoms with Crippen LogP contribution in [0.1, 0.15) is 62.9 Å². The Bertz CT molecular complexity index is 1090. The molecular weight excluding hydrogens is 486 g/mol. The predicted molar refractivity (Wildman–Crippen MR) is 146 cm³/mol. The number of phenols is 1. The number of hydrogen-bond acceptors (Lipinski definition) is 6. The number of aliphatic hydroxyl groups excluding tert-OH is 1. The fraction of sp³-hybridized carbons (Fsp3) is 0.483. The third-order valence-electron chi connectivity index (χ3n) is 5.80. The van der Waals surface area contributed by atoms with E-state index in [0.717, 1.165) is 11.1 Å². The number of amides is 3. The van der Waals surface area contributed by atoms with Crippen LogP contribution in [0.3, 0.4) is 0 Å². The van der Waals surface area contributed by atoms with Gasteiger partial charge in [-0.25, -0.2) is 4.79 Å². The molecule has 9 nitrogen and oxygen atoms in total. The second-order valence-electron chi connectivity index (χ2n) is 10.7. The molecule has 0 aliphatic heterocycles. The highest BCUT2D eigenvalue weighted by Crippen LogP contribution is 2.29. The van der Waals surface area contributed by atoms with Crippen molar-refractivity contribution in [2.45, 2.75) is 78.6 Å². The van der Waals surface area contributed by atoms with Crippen molar-refractivity contribution in [1.82, 2.24) is 15.5 Å². The summed E-state index contributed by atoms with van der Waals surface area (Å²) in [6, 6.07) is 9.56. The molecule has 2 aromatic rings. The van der Waals surface area contributed by atoms with E-state index < -0.39 is 29.7 Å². The van der Waals surface area contributed by atoms with E-state index in [4.69, 9.17) is 4.74 Å². The zero-order chi connectivity index (χ0) is 28.6. The monoisotopic (exact) mass is 527 g/mol. The highest BCUT2D eigenvalue weighted by molar-refractivity contribution is 5.92. The molecule has 38 heavy (non-hydrogen) atoms. The zero-order valence-corrected chi connectivity index (χ0v) is 23.4. The maximum absolute atomic E-state index is 14.1. The molecule has 9 heteroatoms. The van der Waals surface area contributed by atoms with Gasteiger partial charge in [0.2, 0.25) is 11.8 Å². The van der Waals surface area contributed by atoms with E-state index in [0.29, 0.717) is 11.1 Å². The third kappa shape index (κ3) is 8.76. The van der Waals surface area contributed by atoms with Gasteiger partial charge in [0, 0.05) is 19.0 Å². The van der Waals surface area contributed by atoms with E-state index in [9.17, 15) is 24.6 Å². The van der Waals surface area contributed by atoms with Crippen LogP contribution in [0.15, 0.2) is 42.5 Å². The molecule has 4 N–H and O–H groups in total. The first kappa shape index (κ1) is 30.6. The van der Waals surface area contributed by atoms with E-state index in [2.05, 4.69) is 10.6 Å². The van der Waals surface area contributed by atoms with Crippen molar-refractivity contribution in [2.24, 2.45) is 0 Å². The minimum Gasteiger partial charge on any atom is -0.508 e. The first-order valence-electron chi connectivity index (χ1n) is 12.8. The van der Waals surface area contributed by atoms with E-state index in [1.807, 2.05) is 45.9 Å². The summed E-state index contributed by atoms with van der Waals surface area (Å²) < 4.78 is 5.41. The molecule has 0 radical (unpaired) electrons. The Labute approximate surface area is 225 Å². The molecule has 0 saturated heterocycles. The number of ether oxygens (including phenoxy) is 1. The number of nitrogens with zero attached hydrogens (tertiary/aromatic N) is 1. The topological polar surface area (TPSA) is 128 Å². The fourth-order valence-corrected chi connectivity index (χ4v) is 4.24. The zero-order valence-electron chi connectivity index (χ0n) is 23.4. The summed E-state index contributed by atoms with van der Waals surface area (Å²) in [6.45, 7) is 12.0. The van der Waals surface area contributed by atoms with E-state index in [1.165, 1.54) is 17.0 Å². The molecule has 0 heterocycles. The van der Waals surface area contributed by atoms with Gasteiger partial charge >= 0.3 is 6.09 Å². The van der Waals surface area contributed by atoms with Crippen LogP contribution in [0.4, 0.5) is 4.79 Å². The number of benzene rings is 2. The summed E-state index contributed by atoms with van der Waals surface area (Å²) in [4.78, 5) is 41.8. The molecule has 0 saturated carbocycles. The standard InChI is InChI=1S/C29H41N3O6/c1-18(2)30-26(35)25(24-19(3)9-8-10-20(24)4)32(15-16-33)27(36)23(31-28(37)38-29(5,6)7)17-21-11-13-22(34)14-12-21/h8-14,18,23,25,33-34H,15-17H2,1-7H3,(H,30,35)(H,31,37). The van der Waals surface area contributed by atoms with Crippen molar-refractivity contribution in [2.75, 3.05) is 13.2 Å². The predicted octanol–water partition coefficient (Wildman–Crippen LogP) is 3.53. The lowest BCUT2D eigenvalue weighted by atomic mass is 9.93. The number of hydrogen-bond donors (Lipinski definition) is 4. The second kappa shape index (κ2) is 13.3. The number of rotatable bonds is 10. The normalized spacial score (nSPS) is 13.0. The first-order chi connectivity index (χ1) is 17.7. The average Bonchev–Trinajstić information content (AvgIpc) is 2.79. The Morgan fingerprint density at radius 2 is 1.55 bits per heavy atom.